The number of rotatable bonds is 3. The number of carbonyl (C=O) groups excluding carboxylic acids is 1. The van der Waals surface area contributed by atoms with Gasteiger partial charge in [-0.1, -0.05) is 6.07 Å². The lowest BCUT2D eigenvalue weighted by atomic mass is 10.2. The van der Waals surface area contributed by atoms with Gasteiger partial charge in [0.1, 0.15) is 5.69 Å². The van der Waals surface area contributed by atoms with E-state index in [4.69, 9.17) is 0 Å². The number of carbonyl (C=O) groups is 1. The first-order valence-electron chi connectivity index (χ1n) is 5.56. The topological polar surface area (TPSA) is 42.0 Å². The highest BCUT2D eigenvalue weighted by Crippen LogP contribution is 2.22. The fraction of sp³-hybridized carbons (Fsp3) is 0.231. The first kappa shape index (κ1) is 12.7. The highest BCUT2D eigenvalue weighted by molar-refractivity contribution is 7.12. The molecule has 94 valence electrons. The molecule has 0 saturated carbocycles. The van der Waals surface area contributed by atoms with Crippen LogP contribution in [0.2, 0.25) is 0 Å². The summed E-state index contributed by atoms with van der Waals surface area (Å²) in [7, 11) is 0. The molecular formula is C13H13FN2OS. The molecule has 1 atom stereocenters. The van der Waals surface area contributed by atoms with Crippen LogP contribution in [0.3, 0.4) is 0 Å². The van der Waals surface area contributed by atoms with Crippen molar-refractivity contribution < 1.29 is 9.18 Å². The van der Waals surface area contributed by atoms with Crippen LogP contribution in [0.1, 0.15) is 33.2 Å². The number of hydrogen-bond donors (Lipinski definition) is 1. The summed E-state index contributed by atoms with van der Waals surface area (Å²) in [6.45, 7) is 3.90. The van der Waals surface area contributed by atoms with Crippen LogP contribution in [0.25, 0.3) is 0 Å². The van der Waals surface area contributed by atoms with E-state index in [1.165, 1.54) is 23.1 Å². The van der Waals surface area contributed by atoms with E-state index in [-0.39, 0.29) is 17.6 Å². The standard InChI is InChI=1S/C13H13FN2OS/c1-8-6-7-11(18-8)9(2)15-13(17)10-4-3-5-12(14)16-10/h3-7,9H,1-2H3,(H,15,17). The molecule has 1 unspecified atom stereocenters. The first-order chi connectivity index (χ1) is 8.56. The number of halogens is 1. The second-order valence-corrected chi connectivity index (χ2v) is 5.31. The van der Waals surface area contributed by atoms with Gasteiger partial charge in [-0.25, -0.2) is 4.98 Å². The van der Waals surface area contributed by atoms with E-state index in [2.05, 4.69) is 10.3 Å². The Hall–Kier alpha value is -1.75. The van der Waals surface area contributed by atoms with Gasteiger partial charge < -0.3 is 5.32 Å². The van der Waals surface area contributed by atoms with Crippen LogP contribution in [0.4, 0.5) is 4.39 Å². The van der Waals surface area contributed by atoms with Gasteiger partial charge in [-0.15, -0.1) is 11.3 Å². The van der Waals surface area contributed by atoms with Crippen molar-refractivity contribution in [3.63, 3.8) is 0 Å². The van der Waals surface area contributed by atoms with E-state index in [0.717, 1.165) is 4.88 Å². The molecule has 0 aliphatic rings. The Bertz CT molecular complexity index is 568. The van der Waals surface area contributed by atoms with Gasteiger partial charge in [0, 0.05) is 9.75 Å². The summed E-state index contributed by atoms with van der Waals surface area (Å²) >= 11 is 1.63. The molecule has 5 heteroatoms. The molecule has 0 aliphatic heterocycles. The maximum absolute atomic E-state index is 12.9. The minimum absolute atomic E-state index is 0.0927. The van der Waals surface area contributed by atoms with Gasteiger partial charge in [0.25, 0.3) is 5.91 Å². The molecule has 2 rings (SSSR count). The number of pyridine rings is 1. The molecule has 3 nitrogen and oxygen atoms in total. The molecule has 0 aromatic carbocycles. The second-order valence-electron chi connectivity index (χ2n) is 3.99. The van der Waals surface area contributed by atoms with E-state index in [0.29, 0.717) is 0 Å². The van der Waals surface area contributed by atoms with Gasteiger partial charge >= 0.3 is 0 Å². The largest absolute Gasteiger partial charge is 0.343 e. The SMILES string of the molecule is Cc1ccc(C(C)NC(=O)c2cccc(F)n2)s1. The lowest BCUT2D eigenvalue weighted by molar-refractivity contribution is 0.0934. The number of hydrogen-bond acceptors (Lipinski definition) is 3. The molecule has 1 N–H and O–H groups in total. The fourth-order valence-electron chi connectivity index (χ4n) is 1.56. The maximum atomic E-state index is 12.9. The van der Waals surface area contributed by atoms with Crippen LogP contribution in [0.15, 0.2) is 30.3 Å². The van der Waals surface area contributed by atoms with Crippen molar-refractivity contribution in [1.82, 2.24) is 10.3 Å². The third-order valence-corrected chi connectivity index (χ3v) is 3.67. The molecule has 1 amide bonds. The van der Waals surface area contributed by atoms with Crippen molar-refractivity contribution >= 4 is 17.2 Å². The average molecular weight is 264 g/mol. The third kappa shape index (κ3) is 2.92. The number of nitrogens with one attached hydrogen (secondary N) is 1. The van der Waals surface area contributed by atoms with E-state index in [1.807, 2.05) is 26.0 Å². The zero-order valence-electron chi connectivity index (χ0n) is 10.1. The van der Waals surface area contributed by atoms with Gasteiger partial charge in [0.15, 0.2) is 0 Å². The zero-order valence-corrected chi connectivity index (χ0v) is 10.9. The van der Waals surface area contributed by atoms with Crippen molar-refractivity contribution in [2.45, 2.75) is 19.9 Å². The lowest BCUT2D eigenvalue weighted by Crippen LogP contribution is -2.27. The Kier molecular flexibility index (Phi) is 3.72. The highest BCUT2D eigenvalue weighted by atomic mass is 32.1. The number of amides is 1. The van der Waals surface area contributed by atoms with Gasteiger partial charge in [0.2, 0.25) is 5.95 Å². The number of aryl methyl sites for hydroxylation is 1. The van der Waals surface area contributed by atoms with Crippen LogP contribution >= 0.6 is 11.3 Å². The van der Waals surface area contributed by atoms with Crippen molar-refractivity contribution in [3.8, 4) is 0 Å². The van der Waals surface area contributed by atoms with Gasteiger partial charge in [-0.2, -0.15) is 4.39 Å². The summed E-state index contributed by atoms with van der Waals surface area (Å²) in [6, 6.07) is 8.04. The minimum Gasteiger partial charge on any atom is -0.343 e. The molecule has 2 heterocycles. The van der Waals surface area contributed by atoms with Crippen molar-refractivity contribution in [2.24, 2.45) is 0 Å². The molecule has 2 aromatic heterocycles. The van der Waals surface area contributed by atoms with Crippen molar-refractivity contribution in [2.75, 3.05) is 0 Å². The number of nitrogens with zero attached hydrogens (tertiary/aromatic N) is 1. The van der Waals surface area contributed by atoms with E-state index < -0.39 is 5.95 Å². The summed E-state index contributed by atoms with van der Waals surface area (Å²) in [6.07, 6.45) is 0. The summed E-state index contributed by atoms with van der Waals surface area (Å²) < 4.78 is 12.9. The fourth-order valence-corrected chi connectivity index (χ4v) is 2.44. The third-order valence-electron chi connectivity index (χ3n) is 2.48. The molecule has 0 radical (unpaired) electrons. The van der Waals surface area contributed by atoms with Gasteiger partial charge in [0.05, 0.1) is 6.04 Å². The first-order valence-corrected chi connectivity index (χ1v) is 6.37. The van der Waals surface area contributed by atoms with Crippen molar-refractivity contribution in [3.05, 3.63) is 51.7 Å². The summed E-state index contributed by atoms with van der Waals surface area (Å²) in [5.74, 6) is -1.02. The Morgan fingerprint density at radius 3 is 2.78 bits per heavy atom. The minimum atomic E-state index is -0.651. The molecule has 18 heavy (non-hydrogen) atoms. The Morgan fingerprint density at radius 1 is 1.39 bits per heavy atom. The Morgan fingerprint density at radius 2 is 2.17 bits per heavy atom. The van der Waals surface area contributed by atoms with Crippen LogP contribution in [-0.2, 0) is 0 Å². The normalized spacial score (nSPS) is 12.2. The quantitative estimate of drug-likeness (QED) is 0.866. The molecule has 0 aliphatic carbocycles. The van der Waals surface area contributed by atoms with Crippen LogP contribution in [-0.4, -0.2) is 10.9 Å². The lowest BCUT2D eigenvalue weighted by Gasteiger charge is -2.11. The molecule has 0 fully saturated rings. The summed E-state index contributed by atoms with van der Waals surface area (Å²) in [5, 5.41) is 2.80. The second kappa shape index (κ2) is 5.27. The number of aromatic nitrogens is 1. The summed E-state index contributed by atoms with van der Waals surface area (Å²) in [4.78, 5) is 17.7. The Balaban J connectivity index is 2.08. The highest BCUT2D eigenvalue weighted by Gasteiger charge is 2.14. The van der Waals surface area contributed by atoms with E-state index in [9.17, 15) is 9.18 Å². The van der Waals surface area contributed by atoms with Crippen LogP contribution in [0, 0.1) is 12.9 Å². The Labute approximate surface area is 109 Å². The van der Waals surface area contributed by atoms with Gasteiger partial charge in [-0.3, -0.25) is 4.79 Å². The predicted molar refractivity (Wildman–Crippen MR) is 69.1 cm³/mol. The smallest absolute Gasteiger partial charge is 0.270 e. The zero-order chi connectivity index (χ0) is 13.1. The maximum Gasteiger partial charge on any atom is 0.270 e. The van der Waals surface area contributed by atoms with Gasteiger partial charge in [-0.05, 0) is 38.1 Å². The average Bonchev–Trinajstić information content (AvgIpc) is 2.76. The monoisotopic (exact) mass is 264 g/mol. The van der Waals surface area contributed by atoms with E-state index in [1.54, 1.807) is 11.3 Å². The van der Waals surface area contributed by atoms with E-state index >= 15 is 0 Å². The van der Waals surface area contributed by atoms with Crippen molar-refractivity contribution in [1.29, 1.82) is 0 Å². The predicted octanol–water partition coefficient (Wildman–Crippen LogP) is 3.08. The van der Waals surface area contributed by atoms with Crippen LogP contribution < -0.4 is 5.32 Å². The van der Waals surface area contributed by atoms with Crippen LogP contribution in [0.5, 0.6) is 0 Å². The molecule has 0 saturated heterocycles. The molecular weight excluding hydrogens is 251 g/mol. The molecule has 2 aromatic rings. The number of thiophene rings is 1. The summed E-state index contributed by atoms with van der Waals surface area (Å²) in [5.41, 5.74) is 0.0927. The molecule has 0 bridgehead atoms. The molecule has 0 spiro atoms.